The third kappa shape index (κ3) is 9.98. The van der Waals surface area contributed by atoms with Gasteiger partial charge in [-0.05, 0) is 19.8 Å². The predicted octanol–water partition coefficient (Wildman–Crippen LogP) is 4.65. The molecule has 0 aliphatic carbocycles. The summed E-state index contributed by atoms with van der Waals surface area (Å²) in [7, 11) is 0. The third-order valence-corrected chi connectivity index (χ3v) is 5.22. The quantitative estimate of drug-likeness (QED) is 0.474. The van der Waals surface area contributed by atoms with Gasteiger partial charge >= 0.3 is 0 Å². The number of unbranched alkanes of at least 4 members (excludes halogenated alkanes) is 10. The topological polar surface area (TPSA) is 61.7 Å². The van der Waals surface area contributed by atoms with Crippen LogP contribution in [-0.2, 0) is 4.79 Å². The van der Waals surface area contributed by atoms with Gasteiger partial charge in [0.25, 0.3) is 0 Å². The monoisotopic (exact) mass is 352 g/mol. The first-order chi connectivity index (χ1) is 12.2. The molecule has 2 N–H and O–H groups in total. The summed E-state index contributed by atoms with van der Waals surface area (Å²) in [6.07, 6.45) is 15.2. The number of carbonyl (C=O) groups is 1. The molecule has 0 radical (unpaired) electrons. The molecular weight excluding hydrogens is 312 g/mol. The van der Waals surface area contributed by atoms with Crippen LogP contribution >= 0.6 is 0 Å². The minimum Gasteiger partial charge on any atom is -0.392 e. The lowest BCUT2D eigenvalue weighted by molar-refractivity contribution is -0.125. The Kier molecular flexibility index (Phi) is 12.7. The van der Waals surface area contributed by atoms with Gasteiger partial charge in [0.1, 0.15) is 5.92 Å². The Morgan fingerprint density at radius 3 is 2.20 bits per heavy atom. The van der Waals surface area contributed by atoms with E-state index in [0.717, 1.165) is 31.5 Å². The number of aliphatic hydroxyl groups is 1. The second-order valence-electron chi connectivity index (χ2n) is 7.54. The number of amides is 1. The molecule has 1 aliphatic heterocycles. The molecule has 0 spiro atoms. The Hall–Kier alpha value is -0.900. The molecule has 146 valence electrons. The highest BCUT2D eigenvalue weighted by atomic mass is 16.3. The maximum Gasteiger partial charge on any atom is 0.231 e. The Morgan fingerprint density at radius 2 is 1.60 bits per heavy atom. The highest BCUT2D eigenvalue weighted by Crippen LogP contribution is 2.17. The largest absolute Gasteiger partial charge is 0.392 e. The average Bonchev–Trinajstić information content (AvgIpc) is 2.58. The molecule has 2 unspecified atom stereocenters. The molecule has 4 heteroatoms. The molecule has 0 aromatic heterocycles. The summed E-state index contributed by atoms with van der Waals surface area (Å²) in [6.45, 7) is 5.54. The van der Waals surface area contributed by atoms with Crippen molar-refractivity contribution < 1.29 is 9.90 Å². The molecular formula is C21H40N2O2. The van der Waals surface area contributed by atoms with Gasteiger partial charge in [0.05, 0.1) is 6.10 Å². The van der Waals surface area contributed by atoms with E-state index >= 15 is 0 Å². The van der Waals surface area contributed by atoms with Crippen LogP contribution in [0.4, 0.5) is 0 Å². The van der Waals surface area contributed by atoms with E-state index in [-0.39, 0.29) is 5.91 Å². The van der Waals surface area contributed by atoms with Crippen molar-refractivity contribution in [2.75, 3.05) is 13.1 Å². The number of aliphatic hydroxyl groups excluding tert-OH is 1. The van der Waals surface area contributed by atoms with E-state index in [9.17, 15) is 9.90 Å². The van der Waals surface area contributed by atoms with Crippen LogP contribution in [0.25, 0.3) is 0 Å². The lowest BCUT2D eigenvalue weighted by Crippen LogP contribution is -2.43. The summed E-state index contributed by atoms with van der Waals surface area (Å²) >= 11 is 0. The summed E-state index contributed by atoms with van der Waals surface area (Å²) in [5.41, 5.74) is 0.785. The Balaban J connectivity index is 2.08. The number of hydrogen-bond donors (Lipinski definition) is 2. The van der Waals surface area contributed by atoms with E-state index in [0.29, 0.717) is 13.0 Å². The van der Waals surface area contributed by atoms with Crippen LogP contribution in [0, 0.1) is 5.92 Å². The molecule has 1 rings (SSSR count). The summed E-state index contributed by atoms with van der Waals surface area (Å²) in [4.78, 5) is 16.6. The van der Waals surface area contributed by atoms with Crippen LogP contribution < -0.4 is 5.32 Å². The fraction of sp³-hybridized carbons (Fsp3) is 0.905. The van der Waals surface area contributed by atoms with Gasteiger partial charge in [0.15, 0.2) is 0 Å². The van der Waals surface area contributed by atoms with Crippen molar-refractivity contribution in [2.45, 2.75) is 103 Å². The highest BCUT2D eigenvalue weighted by Gasteiger charge is 2.29. The molecule has 4 nitrogen and oxygen atoms in total. The Bertz CT molecular complexity index is 382. The zero-order valence-corrected chi connectivity index (χ0v) is 16.6. The molecule has 1 aliphatic rings. The fourth-order valence-electron chi connectivity index (χ4n) is 3.58. The maximum atomic E-state index is 12.2. The maximum absolute atomic E-state index is 12.2. The van der Waals surface area contributed by atoms with Crippen molar-refractivity contribution in [1.29, 1.82) is 0 Å². The smallest absolute Gasteiger partial charge is 0.231 e. The van der Waals surface area contributed by atoms with Gasteiger partial charge in [0, 0.05) is 18.8 Å². The van der Waals surface area contributed by atoms with Crippen molar-refractivity contribution >= 4 is 11.6 Å². The summed E-state index contributed by atoms with van der Waals surface area (Å²) in [5, 5.41) is 13.3. The first-order valence-corrected chi connectivity index (χ1v) is 10.6. The zero-order chi connectivity index (χ0) is 18.3. The Morgan fingerprint density at radius 1 is 1.04 bits per heavy atom. The van der Waals surface area contributed by atoms with Gasteiger partial charge in [-0.15, -0.1) is 0 Å². The van der Waals surface area contributed by atoms with Crippen LogP contribution in [0.1, 0.15) is 97.3 Å². The van der Waals surface area contributed by atoms with Crippen molar-refractivity contribution in [3.63, 3.8) is 0 Å². The van der Waals surface area contributed by atoms with E-state index in [1.807, 2.05) is 6.92 Å². The minimum absolute atomic E-state index is 0.0588. The first-order valence-electron chi connectivity index (χ1n) is 10.6. The minimum atomic E-state index is -0.597. The van der Waals surface area contributed by atoms with E-state index < -0.39 is 12.0 Å². The lowest BCUT2D eigenvalue weighted by atomic mass is 9.91. The van der Waals surface area contributed by atoms with Crippen molar-refractivity contribution in [1.82, 2.24) is 5.32 Å². The normalized spacial score (nSPS) is 19.7. The van der Waals surface area contributed by atoms with E-state index in [2.05, 4.69) is 17.2 Å². The van der Waals surface area contributed by atoms with Gasteiger partial charge in [-0.1, -0.05) is 77.6 Å². The van der Waals surface area contributed by atoms with Gasteiger partial charge in [-0.2, -0.15) is 0 Å². The van der Waals surface area contributed by atoms with Crippen LogP contribution in [0.3, 0.4) is 0 Å². The molecule has 0 aromatic carbocycles. The summed E-state index contributed by atoms with van der Waals surface area (Å²) in [5.74, 6) is -0.514. The van der Waals surface area contributed by atoms with Crippen molar-refractivity contribution in [2.24, 2.45) is 10.9 Å². The zero-order valence-electron chi connectivity index (χ0n) is 16.6. The SMILES string of the molecule is CCCCCCCCCCCCCC(O)C1C(=O)NCCCN=C1C. The fourth-order valence-corrected chi connectivity index (χ4v) is 3.58. The number of nitrogens with one attached hydrogen (secondary N) is 1. The van der Waals surface area contributed by atoms with Crippen molar-refractivity contribution in [3.8, 4) is 0 Å². The number of rotatable bonds is 13. The molecule has 0 aromatic rings. The third-order valence-electron chi connectivity index (χ3n) is 5.22. The van der Waals surface area contributed by atoms with Crippen LogP contribution in [0.2, 0.25) is 0 Å². The summed E-state index contributed by atoms with van der Waals surface area (Å²) < 4.78 is 0. The number of hydrogen-bond acceptors (Lipinski definition) is 3. The second-order valence-corrected chi connectivity index (χ2v) is 7.54. The number of carbonyl (C=O) groups excluding carboxylic acids is 1. The van der Waals surface area contributed by atoms with Gasteiger partial charge < -0.3 is 10.4 Å². The standard InChI is InChI=1S/C21H40N2O2/c1-3-4-5-6-7-8-9-10-11-12-13-15-19(24)20-18(2)22-16-14-17-23-21(20)25/h19-20,24H,3-17H2,1-2H3,(H,23,25). The van der Waals surface area contributed by atoms with Crippen LogP contribution in [0.15, 0.2) is 4.99 Å². The summed E-state index contributed by atoms with van der Waals surface area (Å²) in [6, 6.07) is 0. The molecule has 0 fully saturated rings. The average molecular weight is 353 g/mol. The van der Waals surface area contributed by atoms with E-state index in [1.165, 1.54) is 57.8 Å². The number of aliphatic imine (C=N–C) groups is 1. The molecule has 25 heavy (non-hydrogen) atoms. The highest BCUT2D eigenvalue weighted by molar-refractivity contribution is 6.03. The van der Waals surface area contributed by atoms with E-state index in [4.69, 9.17) is 0 Å². The van der Waals surface area contributed by atoms with Gasteiger partial charge in [-0.25, -0.2) is 0 Å². The molecule has 1 heterocycles. The van der Waals surface area contributed by atoms with Crippen LogP contribution in [-0.4, -0.2) is 35.9 Å². The number of nitrogens with zero attached hydrogens (tertiary/aromatic N) is 1. The first kappa shape index (κ1) is 22.1. The van der Waals surface area contributed by atoms with Gasteiger partial charge in [-0.3, -0.25) is 9.79 Å². The molecule has 2 atom stereocenters. The Labute approximate surface area is 154 Å². The van der Waals surface area contributed by atoms with Gasteiger partial charge in [0.2, 0.25) is 5.91 Å². The lowest BCUT2D eigenvalue weighted by Gasteiger charge is -2.24. The van der Waals surface area contributed by atoms with Crippen molar-refractivity contribution in [3.05, 3.63) is 0 Å². The molecule has 1 amide bonds. The van der Waals surface area contributed by atoms with Crippen LogP contribution in [0.5, 0.6) is 0 Å². The molecule has 0 saturated heterocycles. The molecule has 0 bridgehead atoms. The predicted molar refractivity (Wildman–Crippen MR) is 106 cm³/mol. The molecule has 0 saturated carbocycles. The van der Waals surface area contributed by atoms with E-state index in [1.54, 1.807) is 0 Å². The second kappa shape index (κ2) is 14.3.